The molecule has 0 aliphatic heterocycles. The predicted molar refractivity (Wildman–Crippen MR) is 72.2 cm³/mol. The third-order valence-corrected chi connectivity index (χ3v) is 2.58. The summed E-state index contributed by atoms with van der Waals surface area (Å²) in [6.07, 6.45) is 0. The van der Waals surface area contributed by atoms with E-state index in [-0.39, 0.29) is 0 Å². The Bertz CT molecular complexity index is 488. The zero-order chi connectivity index (χ0) is 13.0. The Morgan fingerprint density at radius 2 is 2.00 bits per heavy atom. The van der Waals surface area contributed by atoms with Crippen molar-refractivity contribution in [2.75, 3.05) is 6.61 Å². The average Bonchev–Trinajstić information content (AvgIpc) is 2.85. The Hall–Kier alpha value is -1.81. The fourth-order valence-corrected chi connectivity index (χ4v) is 1.60. The number of H-pyrrole nitrogens is 1. The maximum Gasteiger partial charge on any atom is 0.119 e. The first-order valence-corrected chi connectivity index (χ1v) is 6.16. The molecule has 0 spiro atoms. The molecule has 2 rings (SSSR count). The van der Waals surface area contributed by atoms with Gasteiger partial charge in [0.25, 0.3) is 0 Å². The number of aromatic amines is 1. The number of ether oxygens (including phenoxy) is 1. The van der Waals surface area contributed by atoms with Crippen LogP contribution in [0.4, 0.5) is 0 Å². The van der Waals surface area contributed by atoms with Gasteiger partial charge in [-0.25, -0.2) is 0 Å². The van der Waals surface area contributed by atoms with Crippen molar-refractivity contribution in [2.24, 2.45) is 11.7 Å². The molecule has 4 nitrogen and oxygen atoms in total. The monoisotopic (exact) mass is 245 g/mol. The Labute approximate surface area is 107 Å². The lowest BCUT2D eigenvalue weighted by atomic mass is 10.1. The predicted octanol–water partition coefficient (Wildman–Crippen LogP) is 2.57. The van der Waals surface area contributed by atoms with Crippen molar-refractivity contribution in [1.82, 2.24) is 10.2 Å². The second kappa shape index (κ2) is 5.69. The number of nitrogens with two attached hydrogens (primary N) is 1. The standard InChI is InChI=1S/C14H19N3O/c1-10(2)9-18-13-5-3-11(4-6-13)14-7-12(8-15)16-17-14/h3-7,10H,8-9,15H2,1-2H3,(H,16,17). The van der Waals surface area contributed by atoms with Crippen LogP contribution in [0.2, 0.25) is 0 Å². The molecule has 4 heteroatoms. The maximum atomic E-state index is 5.64. The van der Waals surface area contributed by atoms with E-state index in [4.69, 9.17) is 10.5 Å². The van der Waals surface area contributed by atoms with Crippen LogP contribution in [0.1, 0.15) is 19.5 Å². The summed E-state index contributed by atoms with van der Waals surface area (Å²) in [7, 11) is 0. The molecule has 0 unspecified atom stereocenters. The number of rotatable bonds is 5. The number of nitrogens with zero attached hydrogens (tertiary/aromatic N) is 1. The molecule has 18 heavy (non-hydrogen) atoms. The fourth-order valence-electron chi connectivity index (χ4n) is 1.60. The van der Waals surface area contributed by atoms with Gasteiger partial charge in [0.1, 0.15) is 5.75 Å². The van der Waals surface area contributed by atoms with Crippen LogP contribution < -0.4 is 10.5 Å². The zero-order valence-corrected chi connectivity index (χ0v) is 10.8. The van der Waals surface area contributed by atoms with E-state index in [1.807, 2.05) is 30.3 Å². The lowest BCUT2D eigenvalue weighted by Gasteiger charge is -2.08. The highest BCUT2D eigenvalue weighted by molar-refractivity contribution is 5.60. The van der Waals surface area contributed by atoms with Gasteiger partial charge >= 0.3 is 0 Å². The summed E-state index contributed by atoms with van der Waals surface area (Å²) in [6, 6.07) is 9.91. The first kappa shape index (κ1) is 12.6. The topological polar surface area (TPSA) is 63.9 Å². The minimum atomic E-state index is 0.475. The van der Waals surface area contributed by atoms with Gasteiger partial charge in [-0.05, 0) is 36.2 Å². The second-order valence-corrected chi connectivity index (χ2v) is 4.71. The van der Waals surface area contributed by atoms with Crippen molar-refractivity contribution in [3.8, 4) is 17.0 Å². The fraction of sp³-hybridized carbons (Fsp3) is 0.357. The highest BCUT2D eigenvalue weighted by Gasteiger charge is 2.03. The molecule has 0 bridgehead atoms. The SMILES string of the molecule is CC(C)COc1ccc(-c2cc(CN)[nH]n2)cc1. The summed E-state index contributed by atoms with van der Waals surface area (Å²) in [5, 5.41) is 7.12. The van der Waals surface area contributed by atoms with E-state index in [0.29, 0.717) is 12.5 Å². The second-order valence-electron chi connectivity index (χ2n) is 4.71. The molecule has 0 fully saturated rings. The number of hydrogen-bond donors (Lipinski definition) is 2. The van der Waals surface area contributed by atoms with Crippen LogP contribution in [-0.4, -0.2) is 16.8 Å². The maximum absolute atomic E-state index is 5.64. The molecule has 1 heterocycles. The van der Waals surface area contributed by atoms with E-state index in [2.05, 4.69) is 24.0 Å². The number of hydrogen-bond acceptors (Lipinski definition) is 3. The van der Waals surface area contributed by atoms with Crippen LogP contribution in [0.3, 0.4) is 0 Å². The summed E-state index contributed by atoms with van der Waals surface area (Å²) < 4.78 is 5.64. The Morgan fingerprint density at radius 3 is 2.56 bits per heavy atom. The van der Waals surface area contributed by atoms with Crippen molar-refractivity contribution in [1.29, 1.82) is 0 Å². The van der Waals surface area contributed by atoms with Gasteiger partial charge in [-0.2, -0.15) is 5.10 Å². The lowest BCUT2D eigenvalue weighted by molar-refractivity contribution is 0.271. The molecular weight excluding hydrogens is 226 g/mol. The summed E-state index contributed by atoms with van der Waals surface area (Å²) >= 11 is 0. The molecule has 0 saturated heterocycles. The Morgan fingerprint density at radius 1 is 1.28 bits per heavy atom. The Kier molecular flexibility index (Phi) is 3.99. The smallest absolute Gasteiger partial charge is 0.119 e. The van der Waals surface area contributed by atoms with E-state index >= 15 is 0 Å². The first-order chi connectivity index (χ1) is 8.69. The molecule has 1 aromatic heterocycles. The van der Waals surface area contributed by atoms with Gasteiger partial charge < -0.3 is 10.5 Å². The highest BCUT2D eigenvalue weighted by atomic mass is 16.5. The van der Waals surface area contributed by atoms with Crippen molar-refractivity contribution in [3.05, 3.63) is 36.0 Å². The molecule has 96 valence electrons. The molecule has 0 aliphatic rings. The van der Waals surface area contributed by atoms with Gasteiger partial charge in [0, 0.05) is 17.8 Å². The van der Waals surface area contributed by atoms with E-state index < -0.39 is 0 Å². The lowest BCUT2D eigenvalue weighted by Crippen LogP contribution is -2.04. The minimum absolute atomic E-state index is 0.475. The molecule has 0 saturated carbocycles. The van der Waals surface area contributed by atoms with Crippen molar-refractivity contribution >= 4 is 0 Å². The number of nitrogens with one attached hydrogen (secondary N) is 1. The Balaban J connectivity index is 2.07. The highest BCUT2D eigenvalue weighted by Crippen LogP contribution is 2.21. The van der Waals surface area contributed by atoms with Crippen LogP contribution in [0, 0.1) is 5.92 Å². The van der Waals surface area contributed by atoms with Crippen LogP contribution >= 0.6 is 0 Å². The summed E-state index contributed by atoms with van der Waals surface area (Å²) in [5.41, 5.74) is 8.44. The van der Waals surface area contributed by atoms with Crippen molar-refractivity contribution < 1.29 is 4.74 Å². The van der Waals surface area contributed by atoms with E-state index in [0.717, 1.165) is 29.3 Å². The van der Waals surface area contributed by atoms with E-state index in [1.54, 1.807) is 0 Å². The van der Waals surface area contributed by atoms with Gasteiger partial charge in [-0.15, -0.1) is 0 Å². The van der Waals surface area contributed by atoms with Crippen LogP contribution in [0.5, 0.6) is 5.75 Å². The van der Waals surface area contributed by atoms with Gasteiger partial charge in [-0.1, -0.05) is 13.8 Å². The molecule has 1 aromatic carbocycles. The molecular formula is C14H19N3O. The summed E-state index contributed by atoms with van der Waals surface area (Å²) in [6.45, 7) is 5.47. The first-order valence-electron chi connectivity index (χ1n) is 6.16. The quantitative estimate of drug-likeness (QED) is 0.851. The zero-order valence-electron chi connectivity index (χ0n) is 10.8. The van der Waals surface area contributed by atoms with Crippen molar-refractivity contribution in [2.45, 2.75) is 20.4 Å². The molecule has 3 N–H and O–H groups in total. The minimum Gasteiger partial charge on any atom is -0.493 e. The van der Waals surface area contributed by atoms with Gasteiger partial charge in [0.05, 0.1) is 12.3 Å². The largest absolute Gasteiger partial charge is 0.493 e. The van der Waals surface area contributed by atoms with Gasteiger partial charge in [-0.3, -0.25) is 5.10 Å². The average molecular weight is 245 g/mol. The van der Waals surface area contributed by atoms with Crippen LogP contribution in [0.15, 0.2) is 30.3 Å². The van der Waals surface area contributed by atoms with Crippen LogP contribution in [0.25, 0.3) is 11.3 Å². The normalized spacial score (nSPS) is 10.9. The van der Waals surface area contributed by atoms with Crippen LogP contribution in [-0.2, 0) is 6.54 Å². The molecule has 0 atom stereocenters. The molecule has 2 aromatic rings. The third-order valence-electron chi connectivity index (χ3n) is 2.58. The molecule has 0 amide bonds. The molecule has 0 aliphatic carbocycles. The third kappa shape index (κ3) is 3.11. The van der Waals surface area contributed by atoms with Crippen molar-refractivity contribution in [3.63, 3.8) is 0 Å². The summed E-state index contributed by atoms with van der Waals surface area (Å²) in [4.78, 5) is 0. The molecule has 0 radical (unpaired) electrons. The van der Waals surface area contributed by atoms with E-state index in [1.165, 1.54) is 0 Å². The number of benzene rings is 1. The summed E-state index contributed by atoms with van der Waals surface area (Å²) in [5.74, 6) is 1.42. The van der Waals surface area contributed by atoms with Gasteiger partial charge in [0.15, 0.2) is 0 Å². The van der Waals surface area contributed by atoms with Gasteiger partial charge in [0.2, 0.25) is 0 Å². The van der Waals surface area contributed by atoms with E-state index in [9.17, 15) is 0 Å². The number of aromatic nitrogens is 2.